The van der Waals surface area contributed by atoms with Crippen molar-refractivity contribution in [1.29, 1.82) is 0 Å². The second-order valence-corrected chi connectivity index (χ2v) is 4.65. The summed E-state index contributed by atoms with van der Waals surface area (Å²) in [5, 5.41) is 23.6. The Morgan fingerprint density at radius 2 is 1.89 bits per heavy atom. The monoisotopic (exact) mass is 286 g/mol. The van der Waals surface area contributed by atoms with Crippen molar-refractivity contribution in [3.05, 3.63) is 22.4 Å². The molecular formula is C11H14N2O5S. The molecule has 2 amide bonds. The van der Waals surface area contributed by atoms with Gasteiger partial charge in [0.05, 0.1) is 6.04 Å². The van der Waals surface area contributed by atoms with Crippen LogP contribution in [0.4, 0.5) is 4.79 Å². The Balaban J connectivity index is 2.65. The predicted molar refractivity (Wildman–Crippen MR) is 68.1 cm³/mol. The first-order valence-electron chi connectivity index (χ1n) is 5.41. The maximum Gasteiger partial charge on any atom is 0.323 e. The van der Waals surface area contributed by atoms with Crippen LogP contribution in [-0.2, 0) is 9.59 Å². The number of carboxylic acid groups (broad SMARTS) is 2. The number of amides is 2. The third kappa shape index (κ3) is 4.96. The smallest absolute Gasteiger partial charge is 0.323 e. The highest BCUT2D eigenvalue weighted by Gasteiger charge is 2.21. The van der Waals surface area contributed by atoms with E-state index in [1.54, 1.807) is 6.92 Å². The molecular weight excluding hydrogens is 272 g/mol. The zero-order chi connectivity index (χ0) is 14.4. The van der Waals surface area contributed by atoms with E-state index in [1.807, 2.05) is 16.8 Å². The second-order valence-electron chi connectivity index (χ2n) is 3.87. The van der Waals surface area contributed by atoms with E-state index < -0.39 is 31.1 Å². The van der Waals surface area contributed by atoms with Gasteiger partial charge < -0.3 is 20.4 Å². The van der Waals surface area contributed by atoms with E-state index in [0.717, 1.165) is 10.5 Å². The molecule has 0 radical (unpaired) electrons. The number of aliphatic carboxylic acids is 2. The summed E-state index contributed by atoms with van der Waals surface area (Å²) in [5.74, 6) is -2.53. The van der Waals surface area contributed by atoms with E-state index in [0.29, 0.717) is 0 Å². The zero-order valence-electron chi connectivity index (χ0n) is 10.2. The van der Waals surface area contributed by atoms with Crippen molar-refractivity contribution in [2.45, 2.75) is 13.0 Å². The van der Waals surface area contributed by atoms with E-state index in [1.165, 1.54) is 11.3 Å². The van der Waals surface area contributed by atoms with E-state index in [4.69, 9.17) is 10.2 Å². The van der Waals surface area contributed by atoms with Gasteiger partial charge in [0.15, 0.2) is 0 Å². The summed E-state index contributed by atoms with van der Waals surface area (Å²) in [6, 6.07) is 0.793. The minimum absolute atomic E-state index is 0.316. The number of nitrogens with one attached hydrogen (secondary N) is 1. The largest absolute Gasteiger partial charge is 0.480 e. The highest BCUT2D eigenvalue weighted by molar-refractivity contribution is 7.07. The van der Waals surface area contributed by atoms with E-state index >= 15 is 0 Å². The Bertz CT molecular complexity index is 444. The lowest BCUT2D eigenvalue weighted by Crippen LogP contribution is -2.45. The van der Waals surface area contributed by atoms with Crippen LogP contribution in [0, 0.1) is 0 Å². The molecule has 3 N–H and O–H groups in total. The molecule has 7 nitrogen and oxygen atoms in total. The maximum atomic E-state index is 11.8. The molecule has 1 unspecified atom stereocenters. The highest BCUT2D eigenvalue weighted by Crippen LogP contribution is 2.15. The highest BCUT2D eigenvalue weighted by atomic mass is 32.1. The standard InChI is InChI=1S/C11H14N2O5S/c1-7(8-2-3-19-6-8)12-11(18)13(4-9(14)15)5-10(16)17/h2-3,6-7H,4-5H2,1H3,(H,12,18)(H,14,15)(H,16,17). The predicted octanol–water partition coefficient (Wildman–Crippen LogP) is 0.990. The molecule has 19 heavy (non-hydrogen) atoms. The van der Waals surface area contributed by atoms with Crippen LogP contribution in [0.2, 0.25) is 0 Å². The van der Waals surface area contributed by atoms with Crippen LogP contribution >= 0.6 is 11.3 Å². The molecule has 0 saturated heterocycles. The minimum Gasteiger partial charge on any atom is -0.480 e. The topological polar surface area (TPSA) is 107 Å². The fraction of sp³-hybridized carbons (Fsp3) is 0.364. The quantitative estimate of drug-likeness (QED) is 0.723. The fourth-order valence-corrected chi connectivity index (χ4v) is 2.16. The number of rotatable bonds is 6. The number of hydrogen-bond acceptors (Lipinski definition) is 4. The third-order valence-electron chi connectivity index (χ3n) is 2.32. The van der Waals surface area contributed by atoms with Crippen molar-refractivity contribution in [2.24, 2.45) is 0 Å². The maximum absolute atomic E-state index is 11.8. The van der Waals surface area contributed by atoms with E-state index in [9.17, 15) is 14.4 Å². The molecule has 8 heteroatoms. The van der Waals surface area contributed by atoms with Gasteiger partial charge >= 0.3 is 18.0 Å². The number of urea groups is 1. The Morgan fingerprint density at radius 3 is 2.32 bits per heavy atom. The van der Waals surface area contributed by atoms with Gasteiger partial charge in [-0.3, -0.25) is 9.59 Å². The van der Waals surface area contributed by atoms with Gasteiger partial charge in [0.1, 0.15) is 13.1 Å². The molecule has 0 aromatic carbocycles. The molecule has 0 bridgehead atoms. The molecule has 0 saturated carbocycles. The average Bonchev–Trinajstić information content (AvgIpc) is 2.79. The summed E-state index contributed by atoms with van der Waals surface area (Å²) in [4.78, 5) is 33.7. The molecule has 1 atom stereocenters. The molecule has 1 aromatic heterocycles. The zero-order valence-corrected chi connectivity index (χ0v) is 11.0. The number of carbonyl (C=O) groups excluding carboxylic acids is 1. The van der Waals surface area contributed by atoms with Crippen LogP contribution in [0.5, 0.6) is 0 Å². The first kappa shape index (κ1) is 15.0. The SMILES string of the molecule is CC(NC(=O)N(CC(=O)O)CC(=O)O)c1ccsc1. The number of thiophene rings is 1. The Morgan fingerprint density at radius 1 is 1.32 bits per heavy atom. The summed E-state index contributed by atoms with van der Waals surface area (Å²) < 4.78 is 0. The molecule has 1 rings (SSSR count). The van der Waals surface area contributed by atoms with Crippen LogP contribution in [-0.4, -0.2) is 46.2 Å². The Hall–Kier alpha value is -2.09. The Kier molecular flexibility index (Phi) is 5.31. The van der Waals surface area contributed by atoms with Gasteiger partial charge in [0.25, 0.3) is 0 Å². The summed E-state index contributed by atoms with van der Waals surface area (Å²) in [6.45, 7) is 0.419. The lowest BCUT2D eigenvalue weighted by atomic mass is 10.2. The van der Waals surface area contributed by atoms with Gasteiger partial charge in [0.2, 0.25) is 0 Å². The molecule has 0 spiro atoms. The van der Waals surface area contributed by atoms with E-state index in [-0.39, 0.29) is 6.04 Å². The molecule has 0 fully saturated rings. The van der Waals surface area contributed by atoms with Gasteiger partial charge in [-0.05, 0) is 29.3 Å². The summed E-state index contributed by atoms with van der Waals surface area (Å²) in [7, 11) is 0. The lowest BCUT2D eigenvalue weighted by molar-refractivity contribution is -0.140. The molecule has 0 aliphatic rings. The molecule has 0 aliphatic heterocycles. The van der Waals surface area contributed by atoms with Crippen molar-refractivity contribution >= 4 is 29.3 Å². The summed E-state index contributed by atoms with van der Waals surface area (Å²) >= 11 is 1.47. The third-order valence-corrected chi connectivity index (χ3v) is 3.02. The van der Waals surface area contributed by atoms with E-state index in [2.05, 4.69) is 5.32 Å². The van der Waals surface area contributed by atoms with Crippen molar-refractivity contribution < 1.29 is 24.6 Å². The van der Waals surface area contributed by atoms with Gasteiger partial charge in [0, 0.05) is 0 Å². The van der Waals surface area contributed by atoms with Crippen molar-refractivity contribution in [2.75, 3.05) is 13.1 Å². The van der Waals surface area contributed by atoms with Crippen molar-refractivity contribution in [3.8, 4) is 0 Å². The van der Waals surface area contributed by atoms with Crippen molar-refractivity contribution in [3.63, 3.8) is 0 Å². The lowest BCUT2D eigenvalue weighted by Gasteiger charge is -2.21. The van der Waals surface area contributed by atoms with Crippen LogP contribution in [0.1, 0.15) is 18.5 Å². The van der Waals surface area contributed by atoms with Crippen LogP contribution in [0.3, 0.4) is 0 Å². The number of carbonyl (C=O) groups is 3. The fourth-order valence-electron chi connectivity index (χ4n) is 1.41. The molecule has 1 aromatic rings. The summed E-state index contributed by atoms with van der Waals surface area (Å²) in [6.07, 6.45) is 0. The number of hydrogen-bond donors (Lipinski definition) is 3. The molecule has 104 valence electrons. The first-order valence-corrected chi connectivity index (χ1v) is 6.35. The first-order chi connectivity index (χ1) is 8.90. The van der Waals surface area contributed by atoms with Gasteiger partial charge in [-0.1, -0.05) is 0 Å². The van der Waals surface area contributed by atoms with Gasteiger partial charge in [-0.2, -0.15) is 11.3 Å². The number of nitrogens with zero attached hydrogens (tertiary/aromatic N) is 1. The number of carboxylic acids is 2. The van der Waals surface area contributed by atoms with Gasteiger partial charge in [-0.25, -0.2) is 4.79 Å². The second kappa shape index (κ2) is 6.74. The minimum atomic E-state index is -1.26. The Labute approximate surface area is 113 Å². The van der Waals surface area contributed by atoms with Crippen molar-refractivity contribution in [1.82, 2.24) is 10.2 Å². The molecule has 0 aliphatic carbocycles. The van der Waals surface area contributed by atoms with Crippen LogP contribution < -0.4 is 5.32 Å². The average molecular weight is 286 g/mol. The van der Waals surface area contributed by atoms with Crippen LogP contribution in [0.25, 0.3) is 0 Å². The summed E-state index contributed by atoms with van der Waals surface area (Å²) in [5.41, 5.74) is 0.879. The molecule has 1 heterocycles. The van der Waals surface area contributed by atoms with Gasteiger partial charge in [-0.15, -0.1) is 0 Å². The van der Waals surface area contributed by atoms with Crippen LogP contribution in [0.15, 0.2) is 16.8 Å². The normalized spacial score (nSPS) is 11.6.